The van der Waals surface area contributed by atoms with Gasteiger partial charge in [0.25, 0.3) is 5.56 Å². The minimum Gasteiger partial charge on any atom is -0.550 e. The quantitative estimate of drug-likeness (QED) is 0.883. The van der Waals surface area contributed by atoms with E-state index in [1.165, 1.54) is 4.68 Å². The maximum Gasteiger partial charge on any atom is 0.295 e. The Labute approximate surface area is 151 Å². The molecule has 0 aliphatic heterocycles. The molecule has 26 heavy (non-hydrogen) atoms. The maximum atomic E-state index is 12.8. The topological polar surface area (TPSA) is 96.2 Å². The van der Waals surface area contributed by atoms with Gasteiger partial charge in [-0.15, -0.1) is 0 Å². The number of anilines is 1. The average molecular weight is 356 g/mol. The molecule has 1 aromatic carbocycles. The second-order valence-corrected chi connectivity index (χ2v) is 6.74. The highest BCUT2D eigenvalue weighted by atomic mass is 16.4. The molecule has 2 atom stereocenters. The highest BCUT2D eigenvalue weighted by Gasteiger charge is 2.33. The molecule has 2 aromatic rings. The van der Waals surface area contributed by atoms with Crippen LogP contribution in [0.25, 0.3) is 5.69 Å². The number of carbonyl (C=O) groups is 2. The van der Waals surface area contributed by atoms with Crippen molar-refractivity contribution in [1.82, 2.24) is 9.36 Å². The van der Waals surface area contributed by atoms with Crippen molar-refractivity contribution in [2.75, 3.05) is 5.32 Å². The van der Waals surface area contributed by atoms with Crippen molar-refractivity contribution in [2.45, 2.75) is 32.6 Å². The van der Waals surface area contributed by atoms with Crippen LogP contribution in [0.2, 0.25) is 0 Å². The first-order valence-electron chi connectivity index (χ1n) is 8.77. The van der Waals surface area contributed by atoms with Crippen LogP contribution in [0.15, 0.2) is 35.1 Å². The summed E-state index contributed by atoms with van der Waals surface area (Å²) in [5.74, 6) is -3.09. The van der Waals surface area contributed by atoms with Gasteiger partial charge >= 0.3 is 0 Å². The summed E-state index contributed by atoms with van der Waals surface area (Å²) in [5.41, 5.74) is 1.14. The molecule has 1 amide bonds. The average Bonchev–Trinajstić information content (AvgIpc) is 2.85. The second kappa shape index (κ2) is 7.19. The van der Waals surface area contributed by atoms with Crippen LogP contribution in [0, 0.1) is 18.8 Å². The largest absolute Gasteiger partial charge is 0.550 e. The van der Waals surface area contributed by atoms with Gasteiger partial charge in [0.15, 0.2) is 0 Å². The van der Waals surface area contributed by atoms with Gasteiger partial charge in [-0.1, -0.05) is 31.0 Å². The molecule has 1 aliphatic rings. The molecule has 7 nitrogen and oxygen atoms in total. The fourth-order valence-corrected chi connectivity index (χ4v) is 3.65. The van der Waals surface area contributed by atoms with Gasteiger partial charge in [-0.05, 0) is 31.9 Å². The molecule has 1 saturated carbocycles. The van der Waals surface area contributed by atoms with E-state index in [0.717, 1.165) is 12.8 Å². The Kier molecular flexibility index (Phi) is 4.97. The predicted molar refractivity (Wildman–Crippen MR) is 94.8 cm³/mol. The van der Waals surface area contributed by atoms with Crippen molar-refractivity contribution in [2.24, 2.45) is 18.9 Å². The maximum absolute atomic E-state index is 12.8. The summed E-state index contributed by atoms with van der Waals surface area (Å²) < 4.78 is 3.15. The number of nitrogens with one attached hydrogen (secondary N) is 1. The molecule has 0 saturated heterocycles. The summed E-state index contributed by atoms with van der Waals surface area (Å²) in [6.45, 7) is 1.74. The van der Waals surface area contributed by atoms with Crippen LogP contribution >= 0.6 is 0 Å². The van der Waals surface area contributed by atoms with Gasteiger partial charge < -0.3 is 15.2 Å². The highest BCUT2D eigenvalue weighted by Crippen LogP contribution is 2.30. The van der Waals surface area contributed by atoms with E-state index in [9.17, 15) is 19.5 Å². The Morgan fingerprint density at radius 1 is 1.12 bits per heavy atom. The lowest BCUT2D eigenvalue weighted by atomic mass is 9.78. The van der Waals surface area contributed by atoms with Crippen molar-refractivity contribution in [1.29, 1.82) is 0 Å². The van der Waals surface area contributed by atoms with Crippen LogP contribution < -0.4 is 16.0 Å². The third-order valence-electron chi connectivity index (χ3n) is 5.21. The molecule has 0 radical (unpaired) electrons. The lowest BCUT2D eigenvalue weighted by Crippen LogP contribution is -2.42. The van der Waals surface area contributed by atoms with E-state index in [1.54, 1.807) is 30.8 Å². The Morgan fingerprint density at radius 3 is 2.35 bits per heavy atom. The predicted octanol–water partition coefficient (Wildman–Crippen LogP) is 0.979. The third kappa shape index (κ3) is 3.16. The molecule has 0 spiro atoms. The third-order valence-corrected chi connectivity index (χ3v) is 5.21. The summed E-state index contributed by atoms with van der Waals surface area (Å²) in [5, 5.41) is 14.0. The van der Waals surface area contributed by atoms with Gasteiger partial charge in [0.1, 0.15) is 5.69 Å². The Balaban J connectivity index is 1.92. The minimum absolute atomic E-state index is 0.184. The van der Waals surface area contributed by atoms with E-state index in [1.807, 2.05) is 18.2 Å². The van der Waals surface area contributed by atoms with E-state index < -0.39 is 23.7 Å². The Hall–Kier alpha value is -2.83. The first-order chi connectivity index (χ1) is 12.4. The number of nitrogens with zero attached hydrogens (tertiary/aromatic N) is 2. The van der Waals surface area contributed by atoms with Gasteiger partial charge in [0, 0.05) is 24.9 Å². The number of amides is 1. The lowest BCUT2D eigenvalue weighted by Gasteiger charge is -2.30. The first-order valence-corrected chi connectivity index (χ1v) is 8.77. The second-order valence-electron chi connectivity index (χ2n) is 6.74. The monoisotopic (exact) mass is 356 g/mol. The van der Waals surface area contributed by atoms with Crippen molar-refractivity contribution < 1.29 is 14.7 Å². The van der Waals surface area contributed by atoms with Gasteiger partial charge in [0.05, 0.1) is 11.4 Å². The molecule has 1 fully saturated rings. The van der Waals surface area contributed by atoms with Gasteiger partial charge in [-0.3, -0.25) is 14.3 Å². The summed E-state index contributed by atoms with van der Waals surface area (Å²) >= 11 is 0. The molecular weight excluding hydrogens is 334 g/mol. The van der Waals surface area contributed by atoms with Crippen LogP contribution in [0.5, 0.6) is 0 Å². The number of para-hydroxylation sites is 1. The standard InChI is InChI=1S/C19H23N3O4/c1-12-16(18(24)22(21(12)2)13-8-4-3-5-9-13)20-17(23)14-10-6-7-11-15(14)19(25)26/h3-5,8-9,14-15H,6-7,10-11H2,1-2H3,(H,20,23)(H,25,26)/p-1/t14-,15+/m1/s1. The molecule has 138 valence electrons. The summed E-state index contributed by atoms with van der Waals surface area (Å²) in [6, 6.07) is 9.12. The molecule has 7 heteroatoms. The molecule has 0 unspecified atom stereocenters. The van der Waals surface area contributed by atoms with E-state index in [4.69, 9.17) is 0 Å². The van der Waals surface area contributed by atoms with Crippen LogP contribution in [0.1, 0.15) is 31.4 Å². The van der Waals surface area contributed by atoms with E-state index >= 15 is 0 Å². The zero-order valence-electron chi connectivity index (χ0n) is 14.9. The molecule has 3 rings (SSSR count). The van der Waals surface area contributed by atoms with E-state index in [2.05, 4.69) is 5.32 Å². The van der Waals surface area contributed by atoms with E-state index in [-0.39, 0.29) is 11.2 Å². The number of aromatic nitrogens is 2. The Morgan fingerprint density at radius 2 is 1.73 bits per heavy atom. The number of benzene rings is 1. The van der Waals surface area contributed by atoms with Crippen LogP contribution in [-0.4, -0.2) is 21.2 Å². The molecule has 1 heterocycles. The lowest BCUT2D eigenvalue weighted by molar-refractivity contribution is -0.313. The molecule has 0 bridgehead atoms. The number of rotatable bonds is 4. The summed E-state index contributed by atoms with van der Waals surface area (Å²) in [7, 11) is 1.74. The first kappa shape index (κ1) is 18.0. The zero-order valence-corrected chi connectivity index (χ0v) is 14.9. The van der Waals surface area contributed by atoms with Crippen molar-refractivity contribution >= 4 is 17.6 Å². The van der Waals surface area contributed by atoms with Crippen LogP contribution in [0.4, 0.5) is 5.69 Å². The number of aliphatic carboxylic acids is 1. The zero-order chi connectivity index (χ0) is 18.8. The number of hydrogen-bond acceptors (Lipinski definition) is 4. The van der Waals surface area contributed by atoms with Gasteiger partial charge in [-0.2, -0.15) is 0 Å². The minimum atomic E-state index is -1.20. The molecule has 1 aromatic heterocycles. The molecule has 1 N–H and O–H groups in total. The summed E-state index contributed by atoms with van der Waals surface area (Å²) in [4.78, 5) is 36.9. The smallest absolute Gasteiger partial charge is 0.295 e. The molecular formula is C19H22N3O4-. The number of carbonyl (C=O) groups excluding carboxylic acids is 2. The number of carboxylic acid groups (broad SMARTS) is 1. The SMILES string of the molecule is Cc1c(NC(=O)[C@@H]2CCCC[C@@H]2C(=O)[O-])c(=O)n(-c2ccccc2)n1C. The number of hydrogen-bond donors (Lipinski definition) is 1. The normalized spacial score (nSPS) is 19.9. The van der Waals surface area contributed by atoms with Gasteiger partial charge in [0.2, 0.25) is 5.91 Å². The highest BCUT2D eigenvalue weighted by molar-refractivity contribution is 5.95. The fraction of sp³-hybridized carbons (Fsp3) is 0.421. The van der Waals surface area contributed by atoms with Crippen LogP contribution in [0.3, 0.4) is 0 Å². The van der Waals surface area contributed by atoms with E-state index in [0.29, 0.717) is 24.2 Å². The van der Waals surface area contributed by atoms with Crippen molar-refractivity contribution in [3.63, 3.8) is 0 Å². The summed E-state index contributed by atoms with van der Waals surface area (Å²) in [6.07, 6.45) is 2.49. The van der Waals surface area contributed by atoms with Crippen molar-refractivity contribution in [3.05, 3.63) is 46.4 Å². The van der Waals surface area contributed by atoms with Crippen molar-refractivity contribution in [3.8, 4) is 5.69 Å². The molecule has 1 aliphatic carbocycles. The number of carboxylic acids is 1. The van der Waals surface area contributed by atoms with Gasteiger partial charge in [-0.25, -0.2) is 4.68 Å². The Bertz CT molecular complexity index is 882. The van der Waals surface area contributed by atoms with Crippen LogP contribution in [-0.2, 0) is 16.6 Å². The fourth-order valence-electron chi connectivity index (χ4n) is 3.65.